The highest BCUT2D eigenvalue weighted by Crippen LogP contribution is 2.05. The third-order valence-corrected chi connectivity index (χ3v) is 2.42. The van der Waals surface area contributed by atoms with Crippen molar-refractivity contribution in [3.8, 4) is 0 Å². The van der Waals surface area contributed by atoms with Gasteiger partial charge in [0, 0.05) is 0 Å². The summed E-state index contributed by atoms with van der Waals surface area (Å²) in [4.78, 5) is 0. The lowest BCUT2D eigenvalue weighted by Crippen LogP contribution is -2.28. The molecule has 0 heteroatoms. The number of fused-ring (bicyclic) bond motifs is 1. The van der Waals surface area contributed by atoms with Crippen molar-refractivity contribution in [2.75, 3.05) is 0 Å². The third kappa shape index (κ3) is 1.29. The van der Waals surface area contributed by atoms with Gasteiger partial charge in [-0.1, -0.05) is 42.8 Å². The van der Waals surface area contributed by atoms with Gasteiger partial charge < -0.3 is 0 Å². The average molecular weight is 158 g/mol. The van der Waals surface area contributed by atoms with Crippen LogP contribution in [0.25, 0.3) is 12.2 Å². The van der Waals surface area contributed by atoms with E-state index in [2.05, 4.69) is 44.2 Å². The first-order valence-corrected chi connectivity index (χ1v) is 4.54. The molecular weight excluding hydrogens is 144 g/mol. The Balaban J connectivity index is 2.71. The molecule has 1 unspecified atom stereocenters. The minimum absolute atomic E-state index is 0.709. The van der Waals surface area contributed by atoms with E-state index in [-0.39, 0.29) is 0 Å². The Morgan fingerprint density at radius 3 is 2.92 bits per heavy atom. The maximum atomic E-state index is 2.36. The lowest BCUT2D eigenvalue weighted by atomic mass is 9.98. The van der Waals surface area contributed by atoms with Gasteiger partial charge in [-0.25, -0.2) is 0 Å². The predicted octanol–water partition coefficient (Wildman–Crippen LogP) is 1.60. The summed E-state index contributed by atoms with van der Waals surface area (Å²) in [5.74, 6) is 0.709. The Bertz CT molecular complexity index is 399. The number of hydrogen-bond acceptors (Lipinski definition) is 0. The predicted molar refractivity (Wildman–Crippen MR) is 53.1 cm³/mol. The van der Waals surface area contributed by atoms with E-state index in [4.69, 9.17) is 0 Å². The molecule has 0 aromatic heterocycles. The molecule has 0 aliphatic heterocycles. The molecule has 0 radical (unpaired) electrons. The van der Waals surface area contributed by atoms with E-state index in [1.165, 1.54) is 22.4 Å². The Morgan fingerprint density at radius 1 is 1.25 bits per heavy atom. The average Bonchev–Trinajstić information content (AvgIpc) is 2.05. The fourth-order valence-electron chi connectivity index (χ4n) is 1.71. The van der Waals surface area contributed by atoms with Gasteiger partial charge in [-0.05, 0) is 29.7 Å². The molecule has 1 aliphatic rings. The van der Waals surface area contributed by atoms with Crippen LogP contribution in [0.5, 0.6) is 0 Å². The minimum Gasteiger partial charge on any atom is -0.0761 e. The fraction of sp³-hybridized carbons (Fsp3) is 0.333. The molecule has 2 rings (SSSR count). The molecule has 1 aromatic rings. The van der Waals surface area contributed by atoms with Crippen LogP contribution in [0.1, 0.15) is 18.9 Å². The molecule has 12 heavy (non-hydrogen) atoms. The van der Waals surface area contributed by atoms with E-state index >= 15 is 0 Å². The topological polar surface area (TPSA) is 0 Å². The largest absolute Gasteiger partial charge is 0.0761 e. The standard InChI is InChI=1S/C12H14/c1-9-3-5-12-8-10(2)4-6-11(12)7-9/h3,5-8,10H,4H2,1-2H3. The summed E-state index contributed by atoms with van der Waals surface area (Å²) in [7, 11) is 0. The first-order valence-electron chi connectivity index (χ1n) is 4.54. The number of benzene rings is 1. The van der Waals surface area contributed by atoms with Crippen LogP contribution in [-0.2, 0) is 0 Å². The first-order chi connectivity index (χ1) is 5.75. The van der Waals surface area contributed by atoms with Crippen molar-refractivity contribution >= 4 is 12.2 Å². The van der Waals surface area contributed by atoms with Gasteiger partial charge in [0.2, 0.25) is 0 Å². The van der Waals surface area contributed by atoms with E-state index in [1.54, 1.807) is 0 Å². The number of aryl methyl sites for hydroxylation is 1. The molecule has 1 atom stereocenters. The van der Waals surface area contributed by atoms with Crippen molar-refractivity contribution < 1.29 is 0 Å². The van der Waals surface area contributed by atoms with Gasteiger partial charge in [-0.3, -0.25) is 0 Å². The monoisotopic (exact) mass is 158 g/mol. The third-order valence-electron chi connectivity index (χ3n) is 2.42. The maximum Gasteiger partial charge on any atom is -0.0218 e. The Kier molecular flexibility index (Phi) is 1.76. The van der Waals surface area contributed by atoms with Crippen LogP contribution in [0.3, 0.4) is 0 Å². The molecule has 0 spiro atoms. The molecular formula is C12H14. The molecule has 1 aliphatic carbocycles. The minimum atomic E-state index is 0.709. The van der Waals surface area contributed by atoms with Gasteiger partial charge in [-0.2, -0.15) is 0 Å². The summed E-state index contributed by atoms with van der Waals surface area (Å²) in [6.45, 7) is 4.41. The van der Waals surface area contributed by atoms with Gasteiger partial charge in [0.1, 0.15) is 0 Å². The quantitative estimate of drug-likeness (QED) is 0.538. The molecule has 62 valence electrons. The van der Waals surface area contributed by atoms with Crippen molar-refractivity contribution in [2.24, 2.45) is 5.92 Å². The summed E-state index contributed by atoms with van der Waals surface area (Å²) in [6, 6.07) is 6.66. The molecule has 0 saturated carbocycles. The molecule has 0 N–H and O–H groups in total. The molecule has 0 saturated heterocycles. The number of hydrogen-bond donors (Lipinski definition) is 0. The normalized spacial score (nSPS) is 20.7. The van der Waals surface area contributed by atoms with E-state index in [1.807, 2.05) is 0 Å². The second-order valence-electron chi connectivity index (χ2n) is 3.72. The van der Waals surface area contributed by atoms with Gasteiger partial charge in [0.05, 0.1) is 0 Å². The Morgan fingerprint density at radius 2 is 2.08 bits per heavy atom. The second-order valence-corrected chi connectivity index (χ2v) is 3.72. The molecule has 1 aromatic carbocycles. The van der Waals surface area contributed by atoms with Crippen molar-refractivity contribution in [2.45, 2.75) is 20.3 Å². The summed E-state index contributed by atoms with van der Waals surface area (Å²) in [5.41, 5.74) is 1.35. The van der Waals surface area contributed by atoms with Crippen molar-refractivity contribution in [3.63, 3.8) is 0 Å². The lowest BCUT2D eigenvalue weighted by Gasteiger charge is -2.07. The van der Waals surface area contributed by atoms with Gasteiger partial charge in [0.15, 0.2) is 0 Å². The lowest BCUT2D eigenvalue weighted by molar-refractivity contribution is 0.800. The fourth-order valence-corrected chi connectivity index (χ4v) is 1.71. The van der Waals surface area contributed by atoms with Crippen LogP contribution in [0.2, 0.25) is 0 Å². The highest BCUT2D eigenvalue weighted by Gasteiger charge is 2.00. The smallest absolute Gasteiger partial charge is 0.0218 e. The highest BCUT2D eigenvalue weighted by atomic mass is 14.0. The van der Waals surface area contributed by atoms with Crippen molar-refractivity contribution in [1.29, 1.82) is 0 Å². The van der Waals surface area contributed by atoms with Crippen LogP contribution in [-0.4, -0.2) is 0 Å². The molecule has 0 amide bonds. The van der Waals surface area contributed by atoms with E-state index in [0.717, 1.165) is 0 Å². The van der Waals surface area contributed by atoms with Gasteiger partial charge >= 0.3 is 0 Å². The summed E-state index contributed by atoms with van der Waals surface area (Å²) < 4.78 is 0. The zero-order chi connectivity index (χ0) is 8.55. The van der Waals surface area contributed by atoms with Crippen LogP contribution in [0.4, 0.5) is 0 Å². The van der Waals surface area contributed by atoms with E-state index in [9.17, 15) is 0 Å². The van der Waals surface area contributed by atoms with Crippen LogP contribution in [0, 0.1) is 12.8 Å². The SMILES string of the molecule is Cc1ccc2c(c1)=CCC(C)C=2. The zero-order valence-corrected chi connectivity index (χ0v) is 7.67. The molecule has 0 fully saturated rings. The van der Waals surface area contributed by atoms with Crippen LogP contribution in [0.15, 0.2) is 18.2 Å². The zero-order valence-electron chi connectivity index (χ0n) is 7.67. The van der Waals surface area contributed by atoms with E-state index in [0.29, 0.717) is 5.92 Å². The Hall–Kier alpha value is -1.04. The van der Waals surface area contributed by atoms with Gasteiger partial charge in [-0.15, -0.1) is 0 Å². The number of rotatable bonds is 0. The van der Waals surface area contributed by atoms with Gasteiger partial charge in [0.25, 0.3) is 0 Å². The molecule has 0 nitrogen and oxygen atoms in total. The summed E-state index contributed by atoms with van der Waals surface area (Å²) in [5, 5.41) is 2.81. The highest BCUT2D eigenvalue weighted by molar-refractivity contribution is 5.41. The van der Waals surface area contributed by atoms with Crippen molar-refractivity contribution in [3.05, 3.63) is 34.2 Å². The maximum absolute atomic E-state index is 2.36. The Labute approximate surface area is 73.2 Å². The summed E-state index contributed by atoms with van der Waals surface area (Å²) >= 11 is 0. The van der Waals surface area contributed by atoms with Crippen LogP contribution >= 0.6 is 0 Å². The van der Waals surface area contributed by atoms with Crippen molar-refractivity contribution in [1.82, 2.24) is 0 Å². The van der Waals surface area contributed by atoms with E-state index < -0.39 is 0 Å². The first kappa shape index (κ1) is 7.60. The molecule has 0 bridgehead atoms. The second kappa shape index (κ2) is 2.78. The molecule has 0 heterocycles. The van der Waals surface area contributed by atoms with Crippen LogP contribution < -0.4 is 10.4 Å². The summed E-state index contributed by atoms with van der Waals surface area (Å²) in [6.07, 6.45) is 5.89.